The standard InChI is InChI=1S/C19H36N4O3S/c1-16(2)6-7-23-18(14-20-19(23)27(24,25)17(3)4)15-22-10-8-21(9-11-22)12-13-26-5/h14,16-17H,6-13,15H2,1-5H3. The number of hydrogen-bond acceptors (Lipinski definition) is 6. The summed E-state index contributed by atoms with van der Waals surface area (Å²) in [5.74, 6) is 0.513. The molecule has 2 heterocycles. The molecular weight excluding hydrogens is 364 g/mol. The number of piperazine rings is 1. The molecule has 0 atom stereocenters. The molecule has 0 aliphatic carbocycles. The van der Waals surface area contributed by atoms with Gasteiger partial charge in [0, 0.05) is 52.9 Å². The number of ether oxygens (including phenoxy) is 1. The Morgan fingerprint density at radius 2 is 1.70 bits per heavy atom. The Balaban J connectivity index is 2.11. The summed E-state index contributed by atoms with van der Waals surface area (Å²) in [6.07, 6.45) is 2.70. The molecule has 0 amide bonds. The summed E-state index contributed by atoms with van der Waals surface area (Å²) in [5, 5.41) is -0.234. The lowest BCUT2D eigenvalue weighted by Crippen LogP contribution is -2.47. The monoisotopic (exact) mass is 400 g/mol. The third-order valence-electron chi connectivity index (χ3n) is 5.17. The van der Waals surface area contributed by atoms with E-state index in [4.69, 9.17) is 4.74 Å². The first-order valence-electron chi connectivity index (χ1n) is 9.97. The maximum atomic E-state index is 12.7. The minimum Gasteiger partial charge on any atom is -0.383 e. The van der Waals surface area contributed by atoms with Gasteiger partial charge in [-0.1, -0.05) is 13.8 Å². The number of hydrogen-bond donors (Lipinski definition) is 0. The number of aromatic nitrogens is 2. The summed E-state index contributed by atoms with van der Waals surface area (Å²) in [6.45, 7) is 14.9. The van der Waals surface area contributed by atoms with Gasteiger partial charge in [-0.05, 0) is 26.2 Å². The predicted octanol–water partition coefficient (Wildman–Crippen LogP) is 1.88. The van der Waals surface area contributed by atoms with Crippen LogP contribution in [0.15, 0.2) is 11.4 Å². The van der Waals surface area contributed by atoms with Gasteiger partial charge in [-0.25, -0.2) is 13.4 Å². The van der Waals surface area contributed by atoms with Crippen LogP contribution >= 0.6 is 0 Å². The van der Waals surface area contributed by atoms with Crippen molar-refractivity contribution in [3.05, 3.63) is 11.9 Å². The second-order valence-corrected chi connectivity index (χ2v) is 10.5. The van der Waals surface area contributed by atoms with Gasteiger partial charge < -0.3 is 9.30 Å². The summed E-state index contributed by atoms with van der Waals surface area (Å²) >= 11 is 0. The van der Waals surface area contributed by atoms with Crippen molar-refractivity contribution in [1.29, 1.82) is 0 Å². The quantitative estimate of drug-likeness (QED) is 0.597. The Morgan fingerprint density at radius 1 is 1.07 bits per heavy atom. The van der Waals surface area contributed by atoms with Crippen LogP contribution in [-0.4, -0.2) is 79.5 Å². The first kappa shape index (κ1) is 22.3. The molecule has 7 nitrogen and oxygen atoms in total. The number of imidazole rings is 1. The van der Waals surface area contributed by atoms with Crippen LogP contribution in [0.1, 0.15) is 39.8 Å². The van der Waals surface area contributed by atoms with Gasteiger partial charge in [0.15, 0.2) is 0 Å². The van der Waals surface area contributed by atoms with Gasteiger partial charge in [0.2, 0.25) is 15.0 Å². The molecule has 0 aromatic carbocycles. The molecule has 1 fully saturated rings. The lowest BCUT2D eigenvalue weighted by atomic mass is 10.1. The molecule has 0 spiro atoms. The minimum absolute atomic E-state index is 0.229. The van der Waals surface area contributed by atoms with E-state index >= 15 is 0 Å². The topological polar surface area (TPSA) is 67.7 Å². The fraction of sp³-hybridized carbons (Fsp3) is 0.842. The molecule has 0 N–H and O–H groups in total. The van der Waals surface area contributed by atoms with E-state index < -0.39 is 15.1 Å². The van der Waals surface area contributed by atoms with Crippen molar-refractivity contribution in [3.8, 4) is 0 Å². The Hall–Kier alpha value is -0.960. The van der Waals surface area contributed by atoms with Gasteiger partial charge in [-0.15, -0.1) is 0 Å². The number of sulfone groups is 1. The lowest BCUT2D eigenvalue weighted by molar-refractivity contribution is 0.0925. The van der Waals surface area contributed by atoms with Crippen LogP contribution in [-0.2, 0) is 27.7 Å². The second-order valence-electron chi connectivity index (χ2n) is 8.07. The Labute approximate surface area is 164 Å². The van der Waals surface area contributed by atoms with E-state index in [0.29, 0.717) is 12.5 Å². The van der Waals surface area contributed by atoms with E-state index in [1.54, 1.807) is 27.2 Å². The van der Waals surface area contributed by atoms with Gasteiger partial charge in [0.05, 0.1) is 23.7 Å². The zero-order valence-corrected chi connectivity index (χ0v) is 18.3. The van der Waals surface area contributed by atoms with Crippen molar-refractivity contribution >= 4 is 9.84 Å². The highest BCUT2D eigenvalue weighted by molar-refractivity contribution is 7.91. The number of nitrogens with zero attached hydrogens (tertiary/aromatic N) is 4. The molecule has 27 heavy (non-hydrogen) atoms. The maximum Gasteiger partial charge on any atom is 0.228 e. The third-order valence-corrected chi connectivity index (χ3v) is 7.24. The Kier molecular flexibility index (Phi) is 8.27. The summed E-state index contributed by atoms with van der Waals surface area (Å²) in [7, 11) is -1.65. The molecule has 1 aliphatic rings. The SMILES string of the molecule is COCCN1CCN(Cc2cnc(S(=O)(=O)C(C)C)n2CCC(C)C)CC1. The van der Waals surface area contributed by atoms with E-state index in [1.165, 1.54) is 0 Å². The molecule has 1 saturated heterocycles. The molecule has 1 aliphatic heterocycles. The fourth-order valence-corrected chi connectivity index (χ4v) is 4.34. The maximum absolute atomic E-state index is 12.7. The molecule has 2 rings (SSSR count). The molecule has 156 valence electrons. The van der Waals surface area contributed by atoms with Crippen LogP contribution in [0.2, 0.25) is 0 Å². The van der Waals surface area contributed by atoms with Crippen molar-refractivity contribution in [2.45, 2.75) is 57.6 Å². The average Bonchev–Trinajstić information content (AvgIpc) is 3.02. The van der Waals surface area contributed by atoms with Crippen molar-refractivity contribution < 1.29 is 13.2 Å². The van der Waals surface area contributed by atoms with Gasteiger partial charge in [-0.3, -0.25) is 9.80 Å². The van der Waals surface area contributed by atoms with Crippen LogP contribution in [0, 0.1) is 5.92 Å². The number of rotatable bonds is 10. The molecule has 0 unspecified atom stereocenters. The zero-order valence-electron chi connectivity index (χ0n) is 17.5. The van der Waals surface area contributed by atoms with E-state index in [9.17, 15) is 8.42 Å². The molecule has 1 aromatic rings. The Bertz CT molecular complexity index is 677. The Morgan fingerprint density at radius 3 is 2.26 bits per heavy atom. The first-order chi connectivity index (χ1) is 12.8. The van der Waals surface area contributed by atoms with Crippen molar-refractivity contribution in [3.63, 3.8) is 0 Å². The molecular formula is C19H36N4O3S. The van der Waals surface area contributed by atoms with Crippen molar-refractivity contribution in [2.24, 2.45) is 5.92 Å². The zero-order chi connectivity index (χ0) is 20.0. The molecule has 0 radical (unpaired) electrons. The fourth-order valence-electron chi connectivity index (χ4n) is 3.20. The van der Waals surface area contributed by atoms with Crippen molar-refractivity contribution in [2.75, 3.05) is 46.4 Å². The highest BCUT2D eigenvalue weighted by Crippen LogP contribution is 2.20. The third kappa shape index (κ3) is 6.01. The van der Waals surface area contributed by atoms with Gasteiger partial charge >= 0.3 is 0 Å². The predicted molar refractivity (Wildman–Crippen MR) is 108 cm³/mol. The molecule has 8 heteroatoms. The summed E-state index contributed by atoms with van der Waals surface area (Å²) in [5.41, 5.74) is 1.00. The average molecular weight is 401 g/mol. The lowest BCUT2D eigenvalue weighted by Gasteiger charge is -2.34. The van der Waals surface area contributed by atoms with E-state index in [-0.39, 0.29) is 5.16 Å². The van der Waals surface area contributed by atoms with Crippen LogP contribution in [0.3, 0.4) is 0 Å². The highest BCUT2D eigenvalue weighted by atomic mass is 32.2. The number of methoxy groups -OCH3 is 1. The van der Waals surface area contributed by atoms with Crippen LogP contribution in [0.4, 0.5) is 0 Å². The minimum atomic E-state index is -3.38. The van der Waals surface area contributed by atoms with Gasteiger partial charge in [0.25, 0.3) is 0 Å². The molecule has 0 saturated carbocycles. The molecule has 0 bridgehead atoms. The van der Waals surface area contributed by atoms with Crippen LogP contribution in [0.25, 0.3) is 0 Å². The summed E-state index contributed by atoms with van der Waals surface area (Å²) < 4.78 is 32.6. The van der Waals surface area contributed by atoms with E-state index in [2.05, 4.69) is 28.6 Å². The van der Waals surface area contributed by atoms with Gasteiger partial charge in [0.1, 0.15) is 0 Å². The molecule has 1 aromatic heterocycles. The van der Waals surface area contributed by atoms with Crippen LogP contribution in [0.5, 0.6) is 0 Å². The summed E-state index contributed by atoms with van der Waals surface area (Å²) in [4.78, 5) is 9.12. The van der Waals surface area contributed by atoms with E-state index in [1.807, 2.05) is 4.57 Å². The normalized spacial score (nSPS) is 17.3. The van der Waals surface area contributed by atoms with Crippen molar-refractivity contribution in [1.82, 2.24) is 19.4 Å². The second kappa shape index (κ2) is 10.0. The first-order valence-corrected chi connectivity index (χ1v) is 11.5. The largest absolute Gasteiger partial charge is 0.383 e. The van der Waals surface area contributed by atoms with E-state index in [0.717, 1.165) is 58.0 Å². The van der Waals surface area contributed by atoms with Gasteiger partial charge in [-0.2, -0.15) is 0 Å². The summed E-state index contributed by atoms with van der Waals surface area (Å²) in [6, 6.07) is 0. The smallest absolute Gasteiger partial charge is 0.228 e. The highest BCUT2D eigenvalue weighted by Gasteiger charge is 2.27. The van der Waals surface area contributed by atoms with Crippen LogP contribution < -0.4 is 0 Å².